The van der Waals surface area contributed by atoms with Crippen LogP contribution in [0.15, 0.2) is 121 Å². The Hall–Kier alpha value is -2.73. The molecule has 0 spiro atoms. The maximum Gasteiger partial charge on any atom is 0.181 e. The van der Waals surface area contributed by atoms with Crippen LogP contribution in [0.2, 0.25) is 0 Å². The Labute approximate surface area is 250 Å². The van der Waals surface area contributed by atoms with Crippen LogP contribution in [0.4, 0.5) is 0 Å². The Balaban J connectivity index is 1.56. The number of ether oxygens (including phenoxy) is 1. The SMILES string of the molecule is CCCCCCCCCCCCCC(OCc1ccccc1)[P+](c1ccccc1)(c1ccccc1)c1ccccc1. The van der Waals surface area contributed by atoms with Crippen LogP contribution in [0.5, 0.6) is 0 Å². The van der Waals surface area contributed by atoms with Crippen LogP contribution in [-0.4, -0.2) is 5.85 Å². The molecule has 0 fully saturated rings. The van der Waals surface area contributed by atoms with Gasteiger partial charge in [0.1, 0.15) is 23.2 Å². The molecule has 4 aromatic carbocycles. The first-order valence-electron chi connectivity index (χ1n) is 16.1. The summed E-state index contributed by atoms with van der Waals surface area (Å²) in [6, 6.07) is 44.4. The first-order valence-corrected chi connectivity index (χ1v) is 17.9. The fraction of sp³-hybridized carbons (Fsp3) is 0.385. The van der Waals surface area contributed by atoms with Crippen molar-refractivity contribution in [1.29, 1.82) is 0 Å². The van der Waals surface area contributed by atoms with Crippen LogP contribution in [0.25, 0.3) is 0 Å². The van der Waals surface area contributed by atoms with E-state index in [0.29, 0.717) is 6.61 Å². The van der Waals surface area contributed by atoms with Gasteiger partial charge in [-0.05, 0) is 48.4 Å². The number of hydrogen-bond donors (Lipinski definition) is 0. The van der Waals surface area contributed by atoms with Crippen molar-refractivity contribution in [2.45, 2.75) is 96.4 Å². The van der Waals surface area contributed by atoms with E-state index < -0.39 is 7.26 Å². The molecule has 0 radical (unpaired) electrons. The van der Waals surface area contributed by atoms with E-state index in [4.69, 9.17) is 4.74 Å². The molecule has 1 unspecified atom stereocenters. The molecule has 0 aliphatic heterocycles. The van der Waals surface area contributed by atoms with E-state index >= 15 is 0 Å². The Morgan fingerprint density at radius 1 is 0.463 bits per heavy atom. The van der Waals surface area contributed by atoms with E-state index in [1.54, 1.807) is 0 Å². The third kappa shape index (κ3) is 9.13. The largest absolute Gasteiger partial charge is 0.338 e. The fourth-order valence-corrected chi connectivity index (χ4v) is 10.8. The average molecular weight is 566 g/mol. The first-order chi connectivity index (χ1) is 20.4. The Morgan fingerprint density at radius 2 is 0.829 bits per heavy atom. The normalized spacial score (nSPS) is 12.3. The van der Waals surface area contributed by atoms with Crippen LogP contribution < -0.4 is 15.9 Å². The lowest BCUT2D eigenvalue weighted by atomic mass is 10.1. The van der Waals surface area contributed by atoms with E-state index in [1.807, 2.05) is 0 Å². The lowest BCUT2D eigenvalue weighted by molar-refractivity contribution is 0.0878. The van der Waals surface area contributed by atoms with Crippen molar-refractivity contribution in [2.75, 3.05) is 0 Å². The standard InChI is InChI=1S/C39H50OP/c1-2-3-4-5-6-7-8-9-10-11-24-33-39(40-34-35-25-16-12-17-26-35)41(36-27-18-13-19-28-36,37-29-20-14-21-30-37)38-31-22-15-23-32-38/h12-23,25-32,39H,2-11,24,33-34H2,1H3/q+1. The lowest BCUT2D eigenvalue weighted by Gasteiger charge is -2.34. The predicted molar refractivity (Wildman–Crippen MR) is 181 cm³/mol. The Bertz CT molecular complexity index is 1100. The van der Waals surface area contributed by atoms with Gasteiger partial charge in [0.15, 0.2) is 5.85 Å². The third-order valence-corrected chi connectivity index (χ3v) is 12.9. The predicted octanol–water partition coefficient (Wildman–Crippen LogP) is 10.2. The molecule has 0 amide bonds. The van der Waals surface area contributed by atoms with Crippen LogP contribution in [-0.2, 0) is 11.3 Å². The first kappa shape index (κ1) is 31.2. The minimum Gasteiger partial charge on any atom is -0.338 e. The molecule has 0 heterocycles. The summed E-state index contributed by atoms with van der Waals surface area (Å²) >= 11 is 0. The summed E-state index contributed by atoms with van der Waals surface area (Å²) in [7, 11) is -2.10. The number of rotatable bonds is 19. The molecule has 4 rings (SSSR count). The molecule has 0 saturated heterocycles. The second-order valence-corrected chi connectivity index (χ2v) is 14.9. The van der Waals surface area contributed by atoms with Crippen molar-refractivity contribution in [3.05, 3.63) is 127 Å². The average Bonchev–Trinajstić information content (AvgIpc) is 3.04. The van der Waals surface area contributed by atoms with Gasteiger partial charge in [0.25, 0.3) is 0 Å². The minimum absolute atomic E-state index is 0.105. The maximum absolute atomic E-state index is 7.10. The number of hydrogen-bond acceptors (Lipinski definition) is 1. The molecule has 0 aliphatic carbocycles. The van der Waals surface area contributed by atoms with Gasteiger partial charge in [0.2, 0.25) is 0 Å². The topological polar surface area (TPSA) is 9.23 Å². The van der Waals surface area contributed by atoms with E-state index in [1.165, 1.54) is 92.1 Å². The zero-order chi connectivity index (χ0) is 28.4. The molecule has 1 nitrogen and oxygen atoms in total. The molecule has 4 aromatic rings. The fourth-order valence-electron chi connectivity index (χ4n) is 6.07. The highest BCUT2D eigenvalue weighted by Crippen LogP contribution is 2.61. The molecule has 1 atom stereocenters. The summed E-state index contributed by atoms with van der Waals surface area (Å²) in [6.07, 6.45) is 16.0. The maximum atomic E-state index is 7.10. The summed E-state index contributed by atoms with van der Waals surface area (Å²) in [5, 5.41) is 4.20. The molecule has 0 aromatic heterocycles. The molecule has 41 heavy (non-hydrogen) atoms. The molecule has 2 heteroatoms. The second kappa shape index (κ2) is 17.9. The van der Waals surface area contributed by atoms with E-state index in [2.05, 4.69) is 128 Å². The summed E-state index contributed by atoms with van der Waals surface area (Å²) < 4.78 is 7.10. The second-order valence-electron chi connectivity index (χ2n) is 11.3. The van der Waals surface area contributed by atoms with Gasteiger partial charge in [-0.25, -0.2) is 0 Å². The molecule has 0 aliphatic rings. The molecule has 216 valence electrons. The van der Waals surface area contributed by atoms with E-state index in [-0.39, 0.29) is 5.85 Å². The number of benzene rings is 4. The van der Waals surface area contributed by atoms with Crippen LogP contribution >= 0.6 is 7.26 Å². The van der Waals surface area contributed by atoms with Gasteiger partial charge in [-0.15, -0.1) is 0 Å². The molecule has 0 N–H and O–H groups in total. The van der Waals surface area contributed by atoms with Crippen molar-refractivity contribution in [3.8, 4) is 0 Å². The van der Waals surface area contributed by atoms with Crippen LogP contribution in [0, 0.1) is 0 Å². The van der Waals surface area contributed by atoms with Gasteiger partial charge in [0.05, 0.1) is 6.61 Å². The highest BCUT2D eigenvalue weighted by Gasteiger charge is 2.53. The summed E-state index contributed by atoms with van der Waals surface area (Å²) in [4.78, 5) is 0. The van der Waals surface area contributed by atoms with Gasteiger partial charge in [-0.2, -0.15) is 0 Å². The van der Waals surface area contributed by atoms with E-state index in [9.17, 15) is 0 Å². The van der Waals surface area contributed by atoms with Gasteiger partial charge in [0, 0.05) is 6.42 Å². The Morgan fingerprint density at radius 3 is 1.24 bits per heavy atom. The summed E-state index contributed by atoms with van der Waals surface area (Å²) in [5.41, 5.74) is 1.24. The molecular weight excluding hydrogens is 515 g/mol. The van der Waals surface area contributed by atoms with Gasteiger partial charge >= 0.3 is 0 Å². The molecule has 0 bridgehead atoms. The lowest BCUT2D eigenvalue weighted by Crippen LogP contribution is -2.40. The van der Waals surface area contributed by atoms with E-state index in [0.717, 1.165) is 6.42 Å². The summed E-state index contributed by atoms with van der Waals surface area (Å²) in [5.74, 6) is 0.105. The third-order valence-electron chi connectivity index (χ3n) is 8.26. The minimum atomic E-state index is -2.10. The van der Waals surface area contributed by atoms with Crippen molar-refractivity contribution < 1.29 is 4.74 Å². The highest BCUT2D eigenvalue weighted by molar-refractivity contribution is 7.96. The van der Waals surface area contributed by atoms with Crippen LogP contribution in [0.3, 0.4) is 0 Å². The highest BCUT2D eigenvalue weighted by atomic mass is 31.2. The number of unbranched alkanes of at least 4 members (excludes halogenated alkanes) is 10. The summed E-state index contributed by atoms with van der Waals surface area (Å²) in [6.45, 7) is 2.93. The van der Waals surface area contributed by atoms with Crippen molar-refractivity contribution >= 4 is 23.2 Å². The van der Waals surface area contributed by atoms with Crippen molar-refractivity contribution in [3.63, 3.8) is 0 Å². The van der Waals surface area contributed by atoms with Crippen molar-refractivity contribution in [2.24, 2.45) is 0 Å². The van der Waals surface area contributed by atoms with Crippen molar-refractivity contribution in [1.82, 2.24) is 0 Å². The zero-order valence-electron chi connectivity index (χ0n) is 25.2. The zero-order valence-corrected chi connectivity index (χ0v) is 26.1. The van der Waals surface area contributed by atoms with Gasteiger partial charge < -0.3 is 4.74 Å². The van der Waals surface area contributed by atoms with Crippen LogP contribution in [0.1, 0.15) is 89.5 Å². The van der Waals surface area contributed by atoms with Gasteiger partial charge in [-0.1, -0.05) is 156 Å². The van der Waals surface area contributed by atoms with Gasteiger partial charge in [-0.3, -0.25) is 0 Å². The smallest absolute Gasteiger partial charge is 0.181 e. The Kier molecular flexibility index (Phi) is 13.7. The molecule has 0 saturated carbocycles. The molecular formula is C39H50OP+. The monoisotopic (exact) mass is 565 g/mol. The quantitative estimate of drug-likeness (QED) is 0.0812.